The quantitative estimate of drug-likeness (QED) is 0.138. The minimum absolute atomic E-state index is 0.464. The molecule has 0 saturated carbocycles. The van der Waals surface area contributed by atoms with Crippen molar-refractivity contribution < 1.29 is 8.83 Å². The van der Waals surface area contributed by atoms with E-state index < -0.39 is 0 Å². The highest BCUT2D eigenvalue weighted by Crippen LogP contribution is 2.44. The molecule has 0 unspecified atom stereocenters. The van der Waals surface area contributed by atoms with Crippen LogP contribution in [0.25, 0.3) is 66.8 Å². The van der Waals surface area contributed by atoms with Gasteiger partial charge in [0.2, 0.25) is 0 Å². The molecular weight excluding hydrogens is 745 g/mol. The summed E-state index contributed by atoms with van der Waals surface area (Å²) in [5.41, 5.74) is 14.6. The van der Waals surface area contributed by atoms with Crippen LogP contribution < -0.4 is 9.80 Å². The fourth-order valence-electron chi connectivity index (χ4n) is 8.85. The van der Waals surface area contributed by atoms with Crippen molar-refractivity contribution in [3.8, 4) is 0 Å². The van der Waals surface area contributed by atoms with Crippen LogP contribution in [0.4, 0.5) is 28.4 Å². The normalized spacial score (nSPS) is 12.1. The maximum absolute atomic E-state index is 6.68. The molecule has 0 bridgehead atoms. The number of fused-ring (bicyclic) bond motifs is 8. The molecule has 0 N–H and O–H groups in total. The number of rotatable bonds is 10. The third kappa shape index (κ3) is 6.84. The Labute approximate surface area is 357 Å². The summed E-state index contributed by atoms with van der Waals surface area (Å²) in [4.78, 5) is 4.62. The topological polar surface area (TPSA) is 32.8 Å². The van der Waals surface area contributed by atoms with E-state index in [1.54, 1.807) is 0 Å². The maximum atomic E-state index is 6.68. The lowest BCUT2D eigenvalue weighted by atomic mass is 9.99. The molecule has 0 fully saturated rings. The number of hydrogen-bond acceptors (Lipinski definition) is 4. The number of hydrogen-bond donors (Lipinski definition) is 0. The zero-order chi connectivity index (χ0) is 41.8. The summed E-state index contributed by atoms with van der Waals surface area (Å²) >= 11 is 0. The summed E-state index contributed by atoms with van der Waals surface area (Å²) in [6, 6.07) is 58.5. The highest BCUT2D eigenvalue weighted by atomic mass is 16.3. The first-order valence-electron chi connectivity index (χ1n) is 21.2. The Morgan fingerprint density at radius 1 is 0.475 bits per heavy atom. The number of para-hydroxylation sites is 2. The van der Waals surface area contributed by atoms with Crippen LogP contribution in [0.1, 0.15) is 68.7 Å². The molecule has 61 heavy (non-hydrogen) atoms. The molecule has 10 rings (SSSR count). The summed E-state index contributed by atoms with van der Waals surface area (Å²) in [5.74, 6) is 0.932. The van der Waals surface area contributed by atoms with Crippen LogP contribution in [-0.4, -0.2) is 0 Å². The van der Waals surface area contributed by atoms with Gasteiger partial charge in [-0.15, -0.1) is 0 Å². The highest BCUT2D eigenvalue weighted by molar-refractivity contribution is 6.27. The lowest BCUT2D eigenvalue weighted by molar-refractivity contribution is 0.663. The minimum Gasteiger partial charge on any atom is -0.456 e. The Bertz CT molecular complexity index is 3260. The summed E-state index contributed by atoms with van der Waals surface area (Å²) < 4.78 is 13.3. The lowest BCUT2D eigenvalue weighted by Gasteiger charge is -2.26. The Morgan fingerprint density at radius 2 is 0.984 bits per heavy atom. The van der Waals surface area contributed by atoms with Crippen LogP contribution in [0.5, 0.6) is 0 Å². The maximum Gasteiger partial charge on any atom is 0.136 e. The van der Waals surface area contributed by atoms with Crippen molar-refractivity contribution in [2.24, 2.45) is 0 Å². The van der Waals surface area contributed by atoms with Gasteiger partial charge < -0.3 is 18.6 Å². The van der Waals surface area contributed by atoms with Gasteiger partial charge in [-0.1, -0.05) is 107 Å². The van der Waals surface area contributed by atoms with Gasteiger partial charge in [0.15, 0.2) is 0 Å². The van der Waals surface area contributed by atoms with Gasteiger partial charge in [0.25, 0.3) is 0 Å². The average molecular weight is 793 g/mol. The van der Waals surface area contributed by atoms with Crippen molar-refractivity contribution >= 4 is 95.2 Å². The molecule has 0 saturated heterocycles. The average Bonchev–Trinajstić information content (AvgIpc) is 3.83. The SMILES string of the molecule is C=Cc1cc2c(cc1/C=C(\C)N(c1ccccc1)c1ccc(C(C)C)cc1)oc1ccc3oc4cc5cc(N(c6ccccc6)c6ccc(C(C)C)cc6)ccc5cc4c3c12. The number of anilines is 5. The smallest absolute Gasteiger partial charge is 0.136 e. The Morgan fingerprint density at radius 3 is 1.57 bits per heavy atom. The fourth-order valence-corrected chi connectivity index (χ4v) is 8.85. The third-order valence-electron chi connectivity index (χ3n) is 12.1. The van der Waals surface area contributed by atoms with Crippen LogP contribution in [-0.2, 0) is 0 Å². The first kappa shape index (κ1) is 37.9. The van der Waals surface area contributed by atoms with Gasteiger partial charge in [0, 0.05) is 55.7 Å². The number of allylic oxidation sites excluding steroid dienone is 1. The summed E-state index contributed by atoms with van der Waals surface area (Å²) in [6.07, 6.45) is 4.17. The molecule has 0 aliphatic rings. The first-order chi connectivity index (χ1) is 29.7. The first-order valence-corrected chi connectivity index (χ1v) is 21.2. The summed E-state index contributed by atoms with van der Waals surface area (Å²) in [7, 11) is 0. The van der Waals surface area contributed by atoms with E-state index in [-0.39, 0.29) is 0 Å². The van der Waals surface area contributed by atoms with Gasteiger partial charge in [-0.3, -0.25) is 0 Å². The van der Waals surface area contributed by atoms with Crippen molar-refractivity contribution in [3.05, 3.63) is 198 Å². The molecule has 2 heterocycles. The molecular formula is C57H48N2O2. The van der Waals surface area contributed by atoms with E-state index in [0.29, 0.717) is 11.8 Å². The van der Waals surface area contributed by atoms with Crippen LogP contribution in [0.2, 0.25) is 0 Å². The molecule has 8 aromatic carbocycles. The van der Waals surface area contributed by atoms with E-state index in [0.717, 1.165) is 99.9 Å². The minimum atomic E-state index is 0.464. The second-order valence-corrected chi connectivity index (χ2v) is 16.7. The van der Waals surface area contributed by atoms with E-state index in [1.165, 1.54) is 11.1 Å². The van der Waals surface area contributed by atoms with Crippen molar-refractivity contribution in [1.82, 2.24) is 0 Å². The Balaban J connectivity index is 1.08. The molecule has 0 amide bonds. The molecule has 4 nitrogen and oxygen atoms in total. The second-order valence-electron chi connectivity index (χ2n) is 16.7. The summed E-state index contributed by atoms with van der Waals surface area (Å²) in [6.45, 7) is 15.3. The van der Waals surface area contributed by atoms with E-state index in [9.17, 15) is 0 Å². The van der Waals surface area contributed by atoms with Gasteiger partial charge in [0.1, 0.15) is 22.3 Å². The van der Waals surface area contributed by atoms with Crippen molar-refractivity contribution in [1.29, 1.82) is 0 Å². The molecule has 0 aliphatic heterocycles. The van der Waals surface area contributed by atoms with E-state index in [4.69, 9.17) is 8.83 Å². The predicted molar refractivity (Wildman–Crippen MR) is 260 cm³/mol. The summed E-state index contributed by atoms with van der Waals surface area (Å²) in [5, 5.41) is 6.46. The van der Waals surface area contributed by atoms with E-state index in [1.807, 2.05) is 18.2 Å². The van der Waals surface area contributed by atoms with Crippen LogP contribution in [0.15, 0.2) is 185 Å². The second kappa shape index (κ2) is 15.4. The predicted octanol–water partition coefficient (Wildman–Crippen LogP) is 17.2. The molecule has 0 radical (unpaired) electrons. The monoisotopic (exact) mass is 792 g/mol. The van der Waals surface area contributed by atoms with E-state index in [2.05, 4.69) is 209 Å². The van der Waals surface area contributed by atoms with Crippen LogP contribution >= 0.6 is 0 Å². The number of furan rings is 2. The molecule has 298 valence electrons. The highest BCUT2D eigenvalue weighted by Gasteiger charge is 2.20. The standard InChI is InChI=1S/C57H48N2O2/c1-7-39-32-50-54(34-43(39)30-38(6)58(45-14-10-8-11-15-45)47-23-18-40(19-24-47)36(2)3)60-52-28-29-53-57(56(50)52)51-33-42-22-27-49(31-44(42)35-55(51)61-53)59(46-16-12-9-13-17-46)48-25-20-41(21-26-48)37(4)5/h7-37H,1H2,2-6H3/b38-30+. The zero-order valence-corrected chi connectivity index (χ0v) is 35.3. The lowest BCUT2D eigenvalue weighted by Crippen LogP contribution is -2.14. The molecule has 10 aromatic rings. The molecule has 0 atom stereocenters. The molecule has 2 aromatic heterocycles. The van der Waals surface area contributed by atoms with Crippen molar-refractivity contribution in [2.45, 2.75) is 46.5 Å². The fraction of sp³-hybridized carbons (Fsp3) is 0.123. The number of benzene rings is 8. The molecule has 0 spiro atoms. The van der Waals surface area contributed by atoms with Gasteiger partial charge in [-0.25, -0.2) is 0 Å². The molecule has 4 heteroatoms. The van der Waals surface area contributed by atoms with Crippen LogP contribution in [0, 0.1) is 0 Å². The van der Waals surface area contributed by atoms with Crippen LogP contribution in [0.3, 0.4) is 0 Å². The van der Waals surface area contributed by atoms with Gasteiger partial charge in [-0.2, -0.15) is 0 Å². The van der Waals surface area contributed by atoms with Gasteiger partial charge in [0.05, 0.1) is 0 Å². The van der Waals surface area contributed by atoms with Crippen molar-refractivity contribution in [2.75, 3.05) is 9.80 Å². The van der Waals surface area contributed by atoms with E-state index >= 15 is 0 Å². The third-order valence-corrected chi connectivity index (χ3v) is 12.1. The van der Waals surface area contributed by atoms with Gasteiger partial charge in [-0.05, 0) is 155 Å². The largest absolute Gasteiger partial charge is 0.456 e. The van der Waals surface area contributed by atoms with Gasteiger partial charge >= 0.3 is 0 Å². The Hall–Kier alpha value is -7.30. The zero-order valence-electron chi connectivity index (χ0n) is 35.3. The Kier molecular flexibility index (Phi) is 9.57. The number of nitrogens with zero attached hydrogens (tertiary/aromatic N) is 2. The molecule has 0 aliphatic carbocycles. The van der Waals surface area contributed by atoms with Crippen molar-refractivity contribution in [3.63, 3.8) is 0 Å².